The molecule has 0 amide bonds. The van der Waals surface area contributed by atoms with Crippen LogP contribution < -0.4 is 0 Å². The molecular formula is C6H12O2. The van der Waals surface area contributed by atoms with E-state index in [1.54, 1.807) is 0 Å². The number of aliphatic hydroxyl groups is 2. The molecule has 0 aliphatic heterocycles. The second-order valence-electron chi connectivity index (χ2n) is 2.47. The van der Waals surface area contributed by atoms with Crippen molar-refractivity contribution in [2.45, 2.75) is 37.9 Å². The van der Waals surface area contributed by atoms with E-state index in [9.17, 15) is 0 Å². The fraction of sp³-hybridized carbons (Fsp3) is 1.00. The number of hydrogen-bond acceptors (Lipinski definition) is 2. The first kappa shape index (κ1) is 6.05. The second kappa shape index (κ2) is 2.46. The zero-order valence-corrected chi connectivity index (χ0v) is 4.88. The van der Waals surface area contributed by atoms with Gasteiger partial charge in [-0.05, 0) is 25.7 Å². The third-order valence-electron chi connectivity index (χ3n) is 1.62. The standard InChI is InChI=1S/C6H12O2/c7-5-2-1-3-6(8)4-5/h5-8H,1-4H2/t5-,6-/m1/s1. The summed E-state index contributed by atoms with van der Waals surface area (Å²) in [5, 5.41) is 17.8. The summed E-state index contributed by atoms with van der Waals surface area (Å²) >= 11 is 0. The van der Waals surface area contributed by atoms with Crippen LogP contribution in [0.25, 0.3) is 0 Å². The Morgan fingerprint density at radius 2 is 1.50 bits per heavy atom. The summed E-state index contributed by atoms with van der Waals surface area (Å²) in [6.45, 7) is 0. The minimum absolute atomic E-state index is 0.237. The van der Waals surface area contributed by atoms with Gasteiger partial charge < -0.3 is 10.2 Å². The van der Waals surface area contributed by atoms with E-state index in [-0.39, 0.29) is 12.2 Å². The lowest BCUT2D eigenvalue weighted by molar-refractivity contribution is 0.0406. The Morgan fingerprint density at radius 1 is 1.00 bits per heavy atom. The van der Waals surface area contributed by atoms with Gasteiger partial charge in [-0.25, -0.2) is 0 Å². The Labute approximate surface area is 49.1 Å². The maximum Gasteiger partial charge on any atom is 0.0564 e. The Morgan fingerprint density at radius 3 is 1.75 bits per heavy atom. The fourth-order valence-electron chi connectivity index (χ4n) is 1.14. The van der Waals surface area contributed by atoms with Gasteiger partial charge in [0.25, 0.3) is 0 Å². The molecule has 0 saturated heterocycles. The third kappa shape index (κ3) is 1.46. The highest BCUT2D eigenvalue weighted by molar-refractivity contribution is 4.69. The van der Waals surface area contributed by atoms with Gasteiger partial charge in [0, 0.05) is 0 Å². The Bertz CT molecular complexity index is 64.9. The molecular weight excluding hydrogens is 104 g/mol. The van der Waals surface area contributed by atoms with Gasteiger partial charge in [-0.2, -0.15) is 0 Å². The van der Waals surface area contributed by atoms with Crippen LogP contribution in [-0.2, 0) is 0 Å². The van der Waals surface area contributed by atoms with E-state index in [1.165, 1.54) is 0 Å². The summed E-state index contributed by atoms with van der Waals surface area (Å²) in [6.07, 6.45) is 2.83. The Balaban J connectivity index is 2.23. The predicted octanol–water partition coefficient (Wildman–Crippen LogP) is 0.282. The van der Waals surface area contributed by atoms with E-state index in [2.05, 4.69) is 0 Å². The normalized spacial score (nSPS) is 39.8. The van der Waals surface area contributed by atoms with Crippen LogP contribution in [-0.4, -0.2) is 22.4 Å². The quantitative estimate of drug-likeness (QED) is 0.477. The first-order valence-corrected chi connectivity index (χ1v) is 3.15. The minimum Gasteiger partial charge on any atom is -0.393 e. The summed E-state index contributed by atoms with van der Waals surface area (Å²) in [5.41, 5.74) is 0. The Hall–Kier alpha value is -0.0800. The zero-order chi connectivity index (χ0) is 5.98. The lowest BCUT2D eigenvalue weighted by Gasteiger charge is -2.20. The van der Waals surface area contributed by atoms with Crippen LogP contribution in [0.4, 0.5) is 0 Å². The molecule has 2 nitrogen and oxygen atoms in total. The highest BCUT2D eigenvalue weighted by Gasteiger charge is 2.16. The molecule has 1 aliphatic carbocycles. The average molecular weight is 116 g/mol. The summed E-state index contributed by atoms with van der Waals surface area (Å²) in [7, 11) is 0. The number of hydrogen-bond donors (Lipinski definition) is 2. The molecule has 0 aromatic heterocycles. The summed E-state index contributed by atoms with van der Waals surface area (Å²) in [6, 6.07) is 0. The number of aliphatic hydroxyl groups excluding tert-OH is 2. The Kier molecular flexibility index (Phi) is 1.86. The maximum absolute atomic E-state index is 8.92. The first-order valence-electron chi connectivity index (χ1n) is 3.15. The van der Waals surface area contributed by atoms with Crippen molar-refractivity contribution in [1.29, 1.82) is 0 Å². The molecule has 0 radical (unpaired) electrons. The highest BCUT2D eigenvalue weighted by Crippen LogP contribution is 2.17. The molecule has 0 heterocycles. The van der Waals surface area contributed by atoms with Gasteiger partial charge in [0.2, 0.25) is 0 Å². The molecule has 48 valence electrons. The molecule has 1 rings (SSSR count). The van der Waals surface area contributed by atoms with E-state index in [4.69, 9.17) is 10.2 Å². The van der Waals surface area contributed by atoms with Gasteiger partial charge in [0.05, 0.1) is 12.2 Å². The fourth-order valence-corrected chi connectivity index (χ4v) is 1.14. The topological polar surface area (TPSA) is 40.5 Å². The summed E-state index contributed by atoms with van der Waals surface area (Å²) in [5.74, 6) is 0. The van der Waals surface area contributed by atoms with E-state index in [1.807, 2.05) is 0 Å². The van der Waals surface area contributed by atoms with Gasteiger partial charge in [-0.3, -0.25) is 0 Å². The second-order valence-corrected chi connectivity index (χ2v) is 2.47. The van der Waals surface area contributed by atoms with Crippen LogP contribution in [0.5, 0.6) is 0 Å². The van der Waals surface area contributed by atoms with Crippen LogP contribution in [0.1, 0.15) is 25.7 Å². The molecule has 0 unspecified atom stereocenters. The van der Waals surface area contributed by atoms with Gasteiger partial charge in [-0.15, -0.1) is 0 Å². The van der Waals surface area contributed by atoms with Crippen LogP contribution in [0, 0.1) is 0 Å². The van der Waals surface area contributed by atoms with Crippen molar-refractivity contribution < 1.29 is 10.2 Å². The van der Waals surface area contributed by atoms with E-state index in [0.29, 0.717) is 6.42 Å². The predicted molar refractivity (Wildman–Crippen MR) is 30.5 cm³/mol. The van der Waals surface area contributed by atoms with E-state index < -0.39 is 0 Å². The van der Waals surface area contributed by atoms with Crippen molar-refractivity contribution in [2.24, 2.45) is 0 Å². The van der Waals surface area contributed by atoms with Crippen LogP contribution in [0.2, 0.25) is 0 Å². The molecule has 2 heteroatoms. The minimum atomic E-state index is -0.237. The van der Waals surface area contributed by atoms with Crippen molar-refractivity contribution >= 4 is 0 Å². The van der Waals surface area contributed by atoms with Crippen LogP contribution in [0.15, 0.2) is 0 Å². The largest absolute Gasteiger partial charge is 0.393 e. The van der Waals surface area contributed by atoms with Crippen molar-refractivity contribution in [3.05, 3.63) is 0 Å². The zero-order valence-electron chi connectivity index (χ0n) is 4.88. The summed E-state index contributed by atoms with van der Waals surface area (Å²) < 4.78 is 0. The smallest absolute Gasteiger partial charge is 0.0564 e. The average Bonchev–Trinajstić information content (AvgIpc) is 1.64. The molecule has 0 aromatic rings. The van der Waals surface area contributed by atoms with E-state index in [0.717, 1.165) is 19.3 Å². The maximum atomic E-state index is 8.92. The molecule has 0 spiro atoms. The molecule has 8 heavy (non-hydrogen) atoms. The van der Waals surface area contributed by atoms with Crippen molar-refractivity contribution in [1.82, 2.24) is 0 Å². The highest BCUT2D eigenvalue weighted by atomic mass is 16.3. The molecule has 2 atom stereocenters. The van der Waals surface area contributed by atoms with Gasteiger partial charge in [-0.1, -0.05) is 0 Å². The van der Waals surface area contributed by atoms with Crippen molar-refractivity contribution in [3.63, 3.8) is 0 Å². The summed E-state index contributed by atoms with van der Waals surface area (Å²) in [4.78, 5) is 0. The molecule has 1 saturated carbocycles. The van der Waals surface area contributed by atoms with Crippen LogP contribution >= 0.6 is 0 Å². The third-order valence-corrected chi connectivity index (χ3v) is 1.62. The molecule has 0 bridgehead atoms. The molecule has 2 N–H and O–H groups in total. The van der Waals surface area contributed by atoms with Gasteiger partial charge in [0.15, 0.2) is 0 Å². The lowest BCUT2D eigenvalue weighted by Crippen LogP contribution is -2.22. The SMILES string of the molecule is O[C@@H]1CCC[C@@H](O)C1. The first-order chi connectivity index (χ1) is 3.79. The van der Waals surface area contributed by atoms with Gasteiger partial charge >= 0.3 is 0 Å². The molecule has 1 fully saturated rings. The lowest BCUT2D eigenvalue weighted by atomic mass is 9.95. The molecule has 0 aromatic carbocycles. The monoisotopic (exact) mass is 116 g/mol. The van der Waals surface area contributed by atoms with Crippen molar-refractivity contribution in [2.75, 3.05) is 0 Å². The molecule has 1 aliphatic rings. The van der Waals surface area contributed by atoms with Crippen LogP contribution in [0.3, 0.4) is 0 Å². The van der Waals surface area contributed by atoms with E-state index >= 15 is 0 Å². The van der Waals surface area contributed by atoms with Gasteiger partial charge in [0.1, 0.15) is 0 Å². The number of rotatable bonds is 0. The van der Waals surface area contributed by atoms with Crippen molar-refractivity contribution in [3.8, 4) is 0 Å².